The number of benzene rings is 2. The van der Waals surface area contributed by atoms with Gasteiger partial charge in [-0.15, -0.1) is 0 Å². The third kappa shape index (κ3) is 3.23. The summed E-state index contributed by atoms with van der Waals surface area (Å²) in [5, 5.41) is 0. The summed E-state index contributed by atoms with van der Waals surface area (Å²) < 4.78 is 4.39. The molecule has 1 aliphatic rings. The van der Waals surface area contributed by atoms with E-state index in [1.165, 1.54) is 0 Å². The zero-order chi connectivity index (χ0) is 19.8. The van der Waals surface area contributed by atoms with Gasteiger partial charge in [-0.25, -0.2) is 4.98 Å². The number of nitrogens with zero attached hydrogens (tertiary/aromatic N) is 4. The molecular weight excluding hydrogens is 360 g/mol. The zero-order valence-corrected chi connectivity index (χ0v) is 16.5. The number of carbonyl (C=O) groups excluding carboxylic acids is 1. The Morgan fingerprint density at radius 2 is 1.69 bits per heavy atom. The SMILES string of the molecule is Cc1nc2cc(C(=O)N3CCC(n4cccc4)CC3)ccc2n1-c1ccccc1. The van der Waals surface area contributed by atoms with Crippen LogP contribution in [0.25, 0.3) is 16.7 Å². The van der Waals surface area contributed by atoms with Gasteiger partial charge in [0, 0.05) is 42.8 Å². The Labute approximate surface area is 170 Å². The van der Waals surface area contributed by atoms with Crippen LogP contribution in [0, 0.1) is 6.92 Å². The van der Waals surface area contributed by atoms with Gasteiger partial charge in [-0.2, -0.15) is 0 Å². The van der Waals surface area contributed by atoms with Crippen molar-refractivity contribution in [3.05, 3.63) is 84.4 Å². The van der Waals surface area contributed by atoms with Crippen molar-refractivity contribution in [1.82, 2.24) is 19.0 Å². The first-order valence-electron chi connectivity index (χ1n) is 10.2. The Hall–Kier alpha value is -3.34. The van der Waals surface area contributed by atoms with Gasteiger partial charge in [0.1, 0.15) is 5.82 Å². The molecule has 146 valence electrons. The Bertz CT molecular complexity index is 1140. The number of hydrogen-bond acceptors (Lipinski definition) is 2. The van der Waals surface area contributed by atoms with Gasteiger partial charge in [0.2, 0.25) is 0 Å². The molecule has 1 aliphatic heterocycles. The van der Waals surface area contributed by atoms with Gasteiger partial charge in [-0.1, -0.05) is 18.2 Å². The van der Waals surface area contributed by atoms with Gasteiger partial charge < -0.3 is 9.47 Å². The van der Waals surface area contributed by atoms with Crippen LogP contribution in [0.3, 0.4) is 0 Å². The normalized spacial score (nSPS) is 15.1. The first kappa shape index (κ1) is 17.7. The molecule has 0 aliphatic carbocycles. The fraction of sp³-hybridized carbons (Fsp3) is 0.250. The monoisotopic (exact) mass is 384 g/mol. The lowest BCUT2D eigenvalue weighted by Gasteiger charge is -2.32. The summed E-state index contributed by atoms with van der Waals surface area (Å²) in [5.74, 6) is 1.02. The van der Waals surface area contributed by atoms with Crippen LogP contribution in [0.1, 0.15) is 35.1 Å². The molecule has 0 radical (unpaired) electrons. The highest BCUT2D eigenvalue weighted by atomic mass is 16.2. The number of likely N-dealkylation sites (tertiary alicyclic amines) is 1. The van der Waals surface area contributed by atoms with E-state index in [-0.39, 0.29) is 5.91 Å². The van der Waals surface area contributed by atoms with Gasteiger partial charge in [0.05, 0.1) is 11.0 Å². The van der Waals surface area contributed by atoms with Crippen molar-refractivity contribution >= 4 is 16.9 Å². The molecule has 1 amide bonds. The molecule has 0 bridgehead atoms. The number of fused-ring (bicyclic) bond motifs is 1. The molecule has 1 fully saturated rings. The molecule has 5 rings (SSSR count). The molecule has 1 saturated heterocycles. The minimum absolute atomic E-state index is 0.102. The third-order valence-electron chi connectivity index (χ3n) is 5.88. The van der Waals surface area contributed by atoms with E-state index in [1.807, 2.05) is 48.2 Å². The molecule has 0 atom stereocenters. The van der Waals surface area contributed by atoms with E-state index in [2.05, 4.69) is 45.8 Å². The molecule has 5 heteroatoms. The summed E-state index contributed by atoms with van der Waals surface area (Å²) in [6.45, 7) is 3.58. The Kier molecular flexibility index (Phi) is 4.43. The predicted molar refractivity (Wildman–Crippen MR) is 114 cm³/mol. The summed E-state index contributed by atoms with van der Waals surface area (Å²) in [6.07, 6.45) is 6.21. The largest absolute Gasteiger partial charge is 0.351 e. The summed E-state index contributed by atoms with van der Waals surface area (Å²) >= 11 is 0. The van der Waals surface area contributed by atoms with Crippen LogP contribution in [0.5, 0.6) is 0 Å². The molecule has 0 spiro atoms. The van der Waals surface area contributed by atoms with E-state index in [4.69, 9.17) is 4.98 Å². The van der Waals surface area contributed by atoms with E-state index >= 15 is 0 Å². The highest BCUT2D eigenvalue weighted by Gasteiger charge is 2.24. The standard InChI is InChI=1S/C24H24N4O/c1-18-25-22-17-19(9-10-23(22)28(18)21-7-3-2-4-8-21)24(29)27-15-11-20(12-16-27)26-13-5-6-14-26/h2-10,13-14,17,20H,11-12,15-16H2,1H3. The fourth-order valence-corrected chi connectivity index (χ4v) is 4.38. The smallest absolute Gasteiger partial charge is 0.253 e. The number of aryl methyl sites for hydroxylation is 1. The van der Waals surface area contributed by atoms with Crippen molar-refractivity contribution in [2.45, 2.75) is 25.8 Å². The van der Waals surface area contributed by atoms with E-state index in [0.29, 0.717) is 6.04 Å². The van der Waals surface area contributed by atoms with Crippen molar-refractivity contribution < 1.29 is 4.79 Å². The quantitative estimate of drug-likeness (QED) is 0.518. The molecular formula is C24H24N4O. The second-order valence-electron chi connectivity index (χ2n) is 7.69. The maximum Gasteiger partial charge on any atom is 0.253 e. The summed E-state index contributed by atoms with van der Waals surface area (Å²) in [5.41, 5.74) is 3.68. The van der Waals surface area contributed by atoms with Crippen LogP contribution in [-0.2, 0) is 0 Å². The molecule has 0 unspecified atom stereocenters. The number of para-hydroxylation sites is 1. The number of aromatic nitrogens is 3. The van der Waals surface area contributed by atoms with Crippen molar-refractivity contribution in [2.24, 2.45) is 0 Å². The predicted octanol–water partition coefficient (Wildman–Crippen LogP) is 4.61. The molecule has 2 aromatic heterocycles. The van der Waals surface area contributed by atoms with E-state index in [9.17, 15) is 4.79 Å². The number of amides is 1. The van der Waals surface area contributed by atoms with Gasteiger partial charge >= 0.3 is 0 Å². The number of piperidine rings is 1. The highest BCUT2D eigenvalue weighted by Crippen LogP contribution is 2.26. The lowest BCUT2D eigenvalue weighted by Crippen LogP contribution is -2.38. The maximum atomic E-state index is 13.1. The minimum atomic E-state index is 0.102. The van der Waals surface area contributed by atoms with Gasteiger partial charge in [0.15, 0.2) is 0 Å². The average molecular weight is 384 g/mol. The Morgan fingerprint density at radius 1 is 0.966 bits per heavy atom. The van der Waals surface area contributed by atoms with Crippen molar-refractivity contribution in [3.63, 3.8) is 0 Å². The van der Waals surface area contributed by atoms with Crippen molar-refractivity contribution in [2.75, 3.05) is 13.1 Å². The van der Waals surface area contributed by atoms with Crippen LogP contribution in [0.15, 0.2) is 73.1 Å². The third-order valence-corrected chi connectivity index (χ3v) is 5.88. The molecule has 4 aromatic rings. The molecule has 29 heavy (non-hydrogen) atoms. The van der Waals surface area contributed by atoms with Gasteiger partial charge in [-0.3, -0.25) is 9.36 Å². The van der Waals surface area contributed by atoms with E-state index in [0.717, 1.165) is 54.0 Å². The van der Waals surface area contributed by atoms with Gasteiger partial charge in [-0.05, 0) is 62.2 Å². The summed E-state index contributed by atoms with van der Waals surface area (Å²) in [6, 6.07) is 20.7. The van der Waals surface area contributed by atoms with Crippen LogP contribution in [0.2, 0.25) is 0 Å². The molecule has 5 nitrogen and oxygen atoms in total. The molecule has 0 saturated carbocycles. The number of hydrogen-bond donors (Lipinski definition) is 0. The first-order valence-corrected chi connectivity index (χ1v) is 10.2. The van der Waals surface area contributed by atoms with Crippen LogP contribution < -0.4 is 0 Å². The lowest BCUT2D eigenvalue weighted by atomic mass is 10.0. The van der Waals surface area contributed by atoms with Crippen LogP contribution in [-0.4, -0.2) is 38.0 Å². The molecule has 0 N–H and O–H groups in total. The maximum absolute atomic E-state index is 13.1. The lowest BCUT2D eigenvalue weighted by molar-refractivity contribution is 0.0695. The molecule has 2 aromatic carbocycles. The summed E-state index contributed by atoms with van der Waals surface area (Å²) in [7, 11) is 0. The number of imidazole rings is 1. The van der Waals surface area contributed by atoms with Crippen LogP contribution >= 0.6 is 0 Å². The Morgan fingerprint density at radius 3 is 2.41 bits per heavy atom. The zero-order valence-electron chi connectivity index (χ0n) is 16.5. The van der Waals surface area contributed by atoms with E-state index in [1.54, 1.807) is 0 Å². The Balaban J connectivity index is 1.38. The van der Waals surface area contributed by atoms with Crippen molar-refractivity contribution in [3.8, 4) is 5.69 Å². The minimum Gasteiger partial charge on any atom is -0.351 e. The number of rotatable bonds is 3. The first-order chi connectivity index (χ1) is 14.2. The fourth-order valence-electron chi connectivity index (χ4n) is 4.38. The van der Waals surface area contributed by atoms with Crippen LogP contribution in [0.4, 0.5) is 0 Å². The summed E-state index contributed by atoms with van der Waals surface area (Å²) in [4.78, 5) is 19.8. The highest BCUT2D eigenvalue weighted by molar-refractivity contribution is 5.97. The van der Waals surface area contributed by atoms with Crippen molar-refractivity contribution in [1.29, 1.82) is 0 Å². The van der Waals surface area contributed by atoms with Gasteiger partial charge in [0.25, 0.3) is 5.91 Å². The second kappa shape index (κ2) is 7.24. The molecule has 3 heterocycles. The topological polar surface area (TPSA) is 43.1 Å². The average Bonchev–Trinajstić information content (AvgIpc) is 3.41. The number of carbonyl (C=O) groups is 1. The van der Waals surface area contributed by atoms with E-state index < -0.39 is 0 Å². The second-order valence-corrected chi connectivity index (χ2v) is 7.69.